The van der Waals surface area contributed by atoms with Crippen molar-refractivity contribution in [3.8, 4) is 45.8 Å². The SMILES string of the molecule is N#Cc1ccc(-c2ccc(-c3cccc(-n4c5ccccc5c5ccccc54)c3)cc2)c(-n2c3ccccc3c3ccc(C#N)cc32)c1. The van der Waals surface area contributed by atoms with Crippen molar-refractivity contribution in [3.05, 3.63) is 169 Å². The quantitative estimate of drug-likeness (QED) is 0.199. The zero-order valence-corrected chi connectivity index (χ0v) is 25.8. The molecule has 9 rings (SSSR count). The highest BCUT2D eigenvalue weighted by Crippen LogP contribution is 2.38. The number of hydrogen-bond donors (Lipinski definition) is 0. The summed E-state index contributed by atoms with van der Waals surface area (Å²) in [4.78, 5) is 0. The second-order valence-electron chi connectivity index (χ2n) is 12.0. The van der Waals surface area contributed by atoms with Crippen LogP contribution in [0.25, 0.3) is 77.2 Å². The number of aromatic nitrogens is 2. The van der Waals surface area contributed by atoms with Gasteiger partial charge in [-0.1, -0.05) is 103 Å². The van der Waals surface area contributed by atoms with Gasteiger partial charge in [-0.15, -0.1) is 0 Å². The minimum Gasteiger partial charge on any atom is -0.309 e. The van der Waals surface area contributed by atoms with Gasteiger partial charge >= 0.3 is 0 Å². The van der Waals surface area contributed by atoms with Crippen molar-refractivity contribution in [3.63, 3.8) is 0 Å². The van der Waals surface area contributed by atoms with E-state index in [9.17, 15) is 10.5 Å². The lowest BCUT2D eigenvalue weighted by Crippen LogP contribution is -1.98. The molecule has 0 aliphatic carbocycles. The first-order valence-electron chi connectivity index (χ1n) is 15.9. The number of fused-ring (bicyclic) bond motifs is 6. The van der Waals surface area contributed by atoms with E-state index in [-0.39, 0.29) is 0 Å². The molecular weight excluding hydrogens is 585 g/mol. The smallest absolute Gasteiger partial charge is 0.0992 e. The molecule has 0 bridgehead atoms. The van der Waals surface area contributed by atoms with Gasteiger partial charge in [0, 0.05) is 32.8 Å². The number of para-hydroxylation sites is 3. The average Bonchev–Trinajstić information content (AvgIpc) is 3.67. The average molecular weight is 611 g/mol. The Balaban J connectivity index is 1.17. The first-order valence-corrected chi connectivity index (χ1v) is 15.9. The lowest BCUT2D eigenvalue weighted by atomic mass is 9.97. The molecule has 0 N–H and O–H groups in total. The van der Waals surface area contributed by atoms with Gasteiger partial charge in [-0.05, 0) is 71.3 Å². The van der Waals surface area contributed by atoms with Gasteiger partial charge in [-0.3, -0.25) is 0 Å². The summed E-state index contributed by atoms with van der Waals surface area (Å²) in [7, 11) is 0. The van der Waals surface area contributed by atoms with Crippen molar-refractivity contribution in [2.24, 2.45) is 0 Å². The molecule has 7 aromatic carbocycles. The van der Waals surface area contributed by atoms with Gasteiger partial charge in [0.05, 0.1) is 51.0 Å². The van der Waals surface area contributed by atoms with Gasteiger partial charge < -0.3 is 9.13 Å². The van der Waals surface area contributed by atoms with Crippen LogP contribution in [0.5, 0.6) is 0 Å². The topological polar surface area (TPSA) is 57.4 Å². The zero-order valence-electron chi connectivity index (χ0n) is 25.8. The van der Waals surface area contributed by atoms with Gasteiger partial charge in [-0.2, -0.15) is 10.5 Å². The lowest BCUT2D eigenvalue weighted by molar-refractivity contribution is 1.18. The maximum atomic E-state index is 9.90. The van der Waals surface area contributed by atoms with Gasteiger partial charge in [0.1, 0.15) is 0 Å². The molecule has 0 saturated carbocycles. The van der Waals surface area contributed by atoms with Crippen molar-refractivity contribution >= 4 is 43.6 Å². The van der Waals surface area contributed by atoms with Crippen LogP contribution in [0, 0.1) is 22.7 Å². The van der Waals surface area contributed by atoms with Gasteiger partial charge in [-0.25, -0.2) is 0 Å². The highest BCUT2D eigenvalue weighted by Gasteiger charge is 2.17. The van der Waals surface area contributed by atoms with Gasteiger partial charge in [0.15, 0.2) is 0 Å². The van der Waals surface area contributed by atoms with Crippen molar-refractivity contribution in [2.45, 2.75) is 0 Å². The van der Waals surface area contributed by atoms with Crippen LogP contribution in [-0.2, 0) is 0 Å². The summed E-state index contributed by atoms with van der Waals surface area (Å²) in [6.45, 7) is 0. The Bertz CT molecular complexity index is 2750. The van der Waals surface area contributed by atoms with Gasteiger partial charge in [0.25, 0.3) is 0 Å². The second-order valence-corrected chi connectivity index (χ2v) is 12.0. The lowest BCUT2D eigenvalue weighted by Gasteiger charge is -2.15. The molecule has 2 heterocycles. The number of nitriles is 2. The van der Waals surface area contributed by atoms with E-state index in [0.29, 0.717) is 11.1 Å². The summed E-state index contributed by atoms with van der Waals surface area (Å²) >= 11 is 0. The first kappa shape index (κ1) is 27.4. The van der Waals surface area contributed by atoms with Crippen LogP contribution in [0.2, 0.25) is 0 Å². The van der Waals surface area contributed by atoms with E-state index < -0.39 is 0 Å². The van der Waals surface area contributed by atoms with E-state index in [1.54, 1.807) is 0 Å². The Morgan fingerprint density at radius 3 is 1.56 bits per heavy atom. The molecule has 48 heavy (non-hydrogen) atoms. The molecule has 0 atom stereocenters. The molecule has 0 amide bonds. The van der Waals surface area contributed by atoms with E-state index in [4.69, 9.17) is 0 Å². The molecule has 0 fully saturated rings. The Morgan fingerprint density at radius 1 is 0.375 bits per heavy atom. The third-order valence-corrected chi connectivity index (χ3v) is 9.38. The van der Waals surface area contributed by atoms with E-state index in [2.05, 4.69) is 130 Å². The van der Waals surface area contributed by atoms with Crippen LogP contribution < -0.4 is 0 Å². The first-order chi connectivity index (χ1) is 23.7. The van der Waals surface area contributed by atoms with Crippen molar-refractivity contribution in [1.82, 2.24) is 9.13 Å². The number of rotatable bonds is 4. The van der Waals surface area contributed by atoms with E-state index >= 15 is 0 Å². The molecular formula is C44H26N4. The van der Waals surface area contributed by atoms with Crippen molar-refractivity contribution < 1.29 is 0 Å². The molecule has 4 nitrogen and oxygen atoms in total. The highest BCUT2D eigenvalue weighted by atomic mass is 15.0. The van der Waals surface area contributed by atoms with E-state index in [1.807, 2.05) is 48.5 Å². The van der Waals surface area contributed by atoms with Crippen LogP contribution in [0.3, 0.4) is 0 Å². The standard InChI is InChI=1S/C44H26N4/c45-27-29-16-22-35(43(24-29)48-42-15-6-3-12-38(42)39-23-17-30(28-46)25-44(39)48)32-20-18-31(19-21-32)33-8-7-9-34(26-33)47-40-13-4-1-10-36(40)37-11-2-5-14-41(37)47/h1-26H. The maximum absolute atomic E-state index is 9.90. The monoisotopic (exact) mass is 610 g/mol. The molecule has 0 aliphatic rings. The molecule has 0 aliphatic heterocycles. The summed E-state index contributed by atoms with van der Waals surface area (Å²) in [6, 6.07) is 59.0. The number of nitrogens with zero attached hydrogens (tertiary/aromatic N) is 4. The highest BCUT2D eigenvalue weighted by molar-refractivity contribution is 6.10. The minimum atomic E-state index is 0.578. The van der Waals surface area contributed by atoms with E-state index in [1.165, 1.54) is 21.8 Å². The summed E-state index contributed by atoms with van der Waals surface area (Å²) in [5.41, 5.74) is 11.8. The fourth-order valence-corrected chi connectivity index (χ4v) is 7.20. The third-order valence-electron chi connectivity index (χ3n) is 9.38. The summed E-state index contributed by atoms with van der Waals surface area (Å²) in [5.74, 6) is 0. The predicted molar refractivity (Wildman–Crippen MR) is 195 cm³/mol. The Labute approximate surface area is 277 Å². The molecule has 0 spiro atoms. The molecule has 9 aromatic rings. The Kier molecular flexibility index (Phi) is 6.22. The van der Waals surface area contributed by atoms with Crippen molar-refractivity contribution in [2.75, 3.05) is 0 Å². The molecule has 0 saturated heterocycles. The molecule has 222 valence electrons. The second kappa shape index (κ2) is 10.9. The largest absolute Gasteiger partial charge is 0.309 e. The third kappa shape index (κ3) is 4.22. The summed E-state index contributed by atoms with van der Waals surface area (Å²) in [6.07, 6.45) is 0. The number of hydrogen-bond acceptors (Lipinski definition) is 2. The molecule has 0 unspecified atom stereocenters. The molecule has 2 aromatic heterocycles. The van der Waals surface area contributed by atoms with Gasteiger partial charge in [0.2, 0.25) is 0 Å². The summed E-state index contributed by atoms with van der Waals surface area (Å²) < 4.78 is 4.53. The fourth-order valence-electron chi connectivity index (χ4n) is 7.20. The zero-order chi connectivity index (χ0) is 32.2. The maximum Gasteiger partial charge on any atom is 0.0992 e. The summed E-state index contributed by atoms with van der Waals surface area (Å²) in [5, 5.41) is 24.3. The van der Waals surface area contributed by atoms with Crippen LogP contribution in [0.1, 0.15) is 11.1 Å². The normalized spacial score (nSPS) is 11.3. The number of benzene rings is 7. The van der Waals surface area contributed by atoms with Crippen LogP contribution in [0.4, 0.5) is 0 Å². The fraction of sp³-hybridized carbons (Fsp3) is 0. The van der Waals surface area contributed by atoms with Crippen LogP contribution in [0.15, 0.2) is 158 Å². The predicted octanol–water partition coefficient (Wildman–Crippen LogP) is 11.0. The van der Waals surface area contributed by atoms with Crippen molar-refractivity contribution in [1.29, 1.82) is 10.5 Å². The van der Waals surface area contributed by atoms with Crippen LogP contribution >= 0.6 is 0 Å². The van der Waals surface area contributed by atoms with E-state index in [0.717, 1.165) is 55.4 Å². The molecule has 0 radical (unpaired) electrons. The Morgan fingerprint density at radius 2 is 0.917 bits per heavy atom. The van der Waals surface area contributed by atoms with Crippen LogP contribution in [-0.4, -0.2) is 9.13 Å². The Hall–Kier alpha value is -6.88. The minimum absolute atomic E-state index is 0.578. The molecule has 4 heteroatoms.